The number of aliphatic imine (C=N–C) groups is 1. The van der Waals surface area contributed by atoms with Crippen LogP contribution in [0.2, 0.25) is 5.02 Å². The molecule has 0 radical (unpaired) electrons. The Bertz CT molecular complexity index is 2030. The number of hydrogen-bond donors (Lipinski definition) is 3. The minimum absolute atomic E-state index is 0.0505. The first kappa shape index (κ1) is 36.6. The number of hydrogen-bond acceptors (Lipinski definition) is 11. The molecule has 0 amide bonds. The van der Waals surface area contributed by atoms with E-state index in [-0.39, 0.29) is 50.6 Å². The van der Waals surface area contributed by atoms with E-state index >= 15 is 0 Å². The van der Waals surface area contributed by atoms with Crippen molar-refractivity contribution in [1.82, 2.24) is 25.0 Å². The van der Waals surface area contributed by atoms with Crippen molar-refractivity contribution in [3.8, 4) is 22.5 Å². The van der Waals surface area contributed by atoms with Gasteiger partial charge in [-0.3, -0.25) is 14.8 Å². The molecule has 0 bridgehead atoms. The number of nitrogens with one attached hydrogen (secondary N) is 1. The molecule has 1 unspecified atom stereocenters. The molecule has 3 heterocycles. The Balaban J connectivity index is 1.03. The summed E-state index contributed by atoms with van der Waals surface area (Å²) in [6, 6.07) is 16.2. The first-order chi connectivity index (χ1) is 25.2. The lowest BCUT2D eigenvalue weighted by Gasteiger charge is -2.13. The van der Waals surface area contributed by atoms with Crippen LogP contribution in [0.5, 0.6) is 0 Å². The van der Waals surface area contributed by atoms with Crippen molar-refractivity contribution in [2.24, 2.45) is 4.99 Å². The van der Waals surface area contributed by atoms with Crippen molar-refractivity contribution < 1.29 is 38.0 Å². The summed E-state index contributed by atoms with van der Waals surface area (Å²) < 4.78 is 47.2. The van der Waals surface area contributed by atoms with Crippen molar-refractivity contribution in [3.05, 3.63) is 107 Å². The minimum atomic E-state index is -0.912. The maximum Gasteiger partial charge on any atom is 0.305 e. The predicted octanol–water partition coefficient (Wildman–Crippen LogP) is 5.31. The Labute approximate surface area is 301 Å². The summed E-state index contributed by atoms with van der Waals surface area (Å²) in [6.45, 7) is 1.65. The van der Waals surface area contributed by atoms with Gasteiger partial charge in [0.2, 0.25) is 0 Å². The number of fused-ring (bicyclic) bond motifs is 3. The molecular weight excluding hydrogens is 700 g/mol. The SMILES string of the molecule is O=C(O)CCOCCOCCOCC(O)Cn1cc(-c2ccc(Nc3cnc4c(n3)-c3ccc(Cl)cc3C(c3c(F)cccc3F)=NC4)cc2)nn1. The van der Waals surface area contributed by atoms with Crippen molar-refractivity contribution >= 4 is 34.8 Å². The largest absolute Gasteiger partial charge is 0.481 e. The third-order valence-electron chi connectivity index (χ3n) is 7.83. The zero-order valence-corrected chi connectivity index (χ0v) is 28.5. The smallest absolute Gasteiger partial charge is 0.305 e. The summed E-state index contributed by atoms with van der Waals surface area (Å²) in [6.07, 6.45) is 2.43. The van der Waals surface area contributed by atoms with Gasteiger partial charge in [-0.15, -0.1) is 5.10 Å². The lowest BCUT2D eigenvalue weighted by molar-refractivity contribution is -0.138. The monoisotopic (exact) mass is 733 g/mol. The highest BCUT2D eigenvalue weighted by molar-refractivity contribution is 6.31. The van der Waals surface area contributed by atoms with Crippen LogP contribution in [0.4, 0.5) is 20.3 Å². The summed E-state index contributed by atoms with van der Waals surface area (Å²) in [5, 5.41) is 30.9. The molecule has 3 N–H and O–H groups in total. The Hall–Kier alpha value is -5.19. The number of carboxylic acid groups (broad SMARTS) is 1. The van der Waals surface area contributed by atoms with Crippen molar-refractivity contribution in [2.75, 3.05) is 45.0 Å². The van der Waals surface area contributed by atoms with Crippen LogP contribution < -0.4 is 5.32 Å². The lowest BCUT2D eigenvalue weighted by Crippen LogP contribution is -2.23. The van der Waals surface area contributed by atoms with Gasteiger partial charge in [0.15, 0.2) is 0 Å². The number of aliphatic carboxylic acids is 1. The van der Waals surface area contributed by atoms with Crippen LogP contribution in [0, 0.1) is 11.6 Å². The average Bonchev–Trinajstić information content (AvgIpc) is 3.53. The standard InChI is InChI=1S/C36H34ClF2N7O6/c37-23-6-9-26-27(16-23)36(34-28(38)2-1-3-29(34)39)41-17-30-35(26)43-32(18-40-30)42-24-7-4-22(5-8-24)31-20-46(45-44-31)19-25(47)21-52-15-14-51-13-12-50-11-10-33(48)49/h1-9,16,18,20,25,47H,10-15,17,19,21H2,(H,42,43)(H,48,49). The van der Waals surface area contributed by atoms with Crippen molar-refractivity contribution in [1.29, 1.82) is 0 Å². The van der Waals surface area contributed by atoms with Crippen molar-refractivity contribution in [2.45, 2.75) is 25.6 Å². The van der Waals surface area contributed by atoms with E-state index < -0.39 is 23.7 Å². The van der Waals surface area contributed by atoms with E-state index in [1.165, 1.54) is 22.9 Å². The van der Waals surface area contributed by atoms with E-state index in [1.807, 2.05) is 24.3 Å². The van der Waals surface area contributed by atoms with Crippen LogP contribution in [0.15, 0.2) is 78.0 Å². The summed E-state index contributed by atoms with van der Waals surface area (Å²) in [5.41, 5.74) is 4.12. The fourth-order valence-corrected chi connectivity index (χ4v) is 5.55. The molecule has 16 heteroatoms. The van der Waals surface area contributed by atoms with Gasteiger partial charge in [0, 0.05) is 27.4 Å². The molecule has 270 valence electrons. The minimum Gasteiger partial charge on any atom is -0.481 e. The van der Waals surface area contributed by atoms with Crippen molar-refractivity contribution in [3.63, 3.8) is 0 Å². The highest BCUT2D eigenvalue weighted by Gasteiger charge is 2.25. The fraction of sp³-hybridized carbons (Fsp3) is 0.278. The number of aliphatic hydroxyl groups is 1. The first-order valence-corrected chi connectivity index (χ1v) is 16.7. The molecular formula is C36H34ClF2N7O6. The number of rotatable bonds is 17. The third kappa shape index (κ3) is 9.37. The molecule has 1 aliphatic heterocycles. The van der Waals surface area contributed by atoms with E-state index in [9.17, 15) is 18.7 Å². The zero-order chi connectivity index (χ0) is 36.5. The quantitative estimate of drug-likeness (QED) is 0.106. The summed E-state index contributed by atoms with van der Waals surface area (Å²) in [5.74, 6) is -1.93. The number of ether oxygens (including phenoxy) is 3. The number of aromatic nitrogens is 5. The summed E-state index contributed by atoms with van der Waals surface area (Å²) in [7, 11) is 0. The second-order valence-corrected chi connectivity index (χ2v) is 12.1. The van der Waals surface area contributed by atoms with Gasteiger partial charge in [0.1, 0.15) is 23.1 Å². The molecule has 0 saturated carbocycles. The number of carboxylic acids is 1. The summed E-state index contributed by atoms with van der Waals surface area (Å²) in [4.78, 5) is 24.4. The van der Waals surface area contributed by atoms with E-state index in [4.69, 9.17) is 35.9 Å². The highest BCUT2D eigenvalue weighted by Crippen LogP contribution is 2.34. The molecule has 1 aliphatic rings. The van der Waals surface area contributed by atoms with Gasteiger partial charge in [0.05, 0.1) is 100 Å². The van der Waals surface area contributed by atoms with E-state index in [2.05, 4.69) is 25.6 Å². The maximum absolute atomic E-state index is 14.9. The lowest BCUT2D eigenvalue weighted by atomic mass is 9.95. The first-order valence-electron chi connectivity index (χ1n) is 16.3. The molecule has 3 aromatic carbocycles. The topological polar surface area (TPSA) is 166 Å². The molecule has 0 fully saturated rings. The fourth-order valence-electron chi connectivity index (χ4n) is 5.38. The number of halogens is 3. The van der Waals surface area contributed by atoms with E-state index in [1.54, 1.807) is 30.6 Å². The molecule has 2 aromatic heterocycles. The molecule has 6 rings (SSSR count). The van der Waals surface area contributed by atoms with E-state index in [0.29, 0.717) is 58.9 Å². The van der Waals surface area contributed by atoms with Crippen LogP contribution in [0.25, 0.3) is 22.5 Å². The van der Waals surface area contributed by atoms with Crippen LogP contribution in [0.1, 0.15) is 23.2 Å². The van der Waals surface area contributed by atoms with Gasteiger partial charge >= 0.3 is 5.97 Å². The Morgan fingerprint density at radius 3 is 2.44 bits per heavy atom. The number of carbonyl (C=O) groups is 1. The Morgan fingerprint density at radius 1 is 0.962 bits per heavy atom. The maximum atomic E-state index is 14.9. The van der Waals surface area contributed by atoms with Gasteiger partial charge in [0.25, 0.3) is 0 Å². The third-order valence-corrected chi connectivity index (χ3v) is 8.07. The van der Waals surface area contributed by atoms with Gasteiger partial charge in [-0.2, -0.15) is 0 Å². The molecule has 0 aliphatic carbocycles. The zero-order valence-electron chi connectivity index (χ0n) is 27.7. The second kappa shape index (κ2) is 17.4. The number of nitrogens with zero attached hydrogens (tertiary/aromatic N) is 6. The van der Waals surface area contributed by atoms with Gasteiger partial charge in [-0.05, 0) is 36.4 Å². The van der Waals surface area contributed by atoms with Gasteiger partial charge in [-0.1, -0.05) is 41.1 Å². The average molecular weight is 734 g/mol. The number of aliphatic hydroxyl groups excluding tert-OH is 1. The number of benzene rings is 3. The predicted molar refractivity (Wildman–Crippen MR) is 188 cm³/mol. The van der Waals surface area contributed by atoms with E-state index in [0.717, 1.165) is 11.3 Å². The highest BCUT2D eigenvalue weighted by atomic mass is 35.5. The Kier molecular flexibility index (Phi) is 12.2. The molecule has 0 spiro atoms. The molecule has 5 aromatic rings. The summed E-state index contributed by atoms with van der Waals surface area (Å²) >= 11 is 6.33. The number of anilines is 2. The Morgan fingerprint density at radius 2 is 1.69 bits per heavy atom. The normalized spacial score (nSPS) is 12.8. The molecule has 1 atom stereocenters. The molecule has 0 saturated heterocycles. The van der Waals surface area contributed by atoms with Gasteiger partial charge in [-0.25, -0.2) is 18.4 Å². The van der Waals surface area contributed by atoms with Crippen LogP contribution in [-0.4, -0.2) is 92.6 Å². The van der Waals surface area contributed by atoms with Crippen LogP contribution in [0.3, 0.4) is 0 Å². The molecule has 52 heavy (non-hydrogen) atoms. The van der Waals surface area contributed by atoms with Gasteiger partial charge < -0.3 is 29.7 Å². The van der Waals surface area contributed by atoms with Crippen LogP contribution >= 0.6 is 11.6 Å². The second-order valence-electron chi connectivity index (χ2n) is 11.6. The molecule has 13 nitrogen and oxygen atoms in total. The van der Waals surface area contributed by atoms with Crippen LogP contribution in [-0.2, 0) is 32.1 Å².